The van der Waals surface area contributed by atoms with Gasteiger partial charge >= 0.3 is 0 Å². The number of piperidine rings is 1. The molecule has 0 saturated carbocycles. The second kappa shape index (κ2) is 7.54. The predicted molar refractivity (Wildman–Crippen MR) is 74.6 cm³/mol. The number of H-pyrrole nitrogens is 1. The van der Waals surface area contributed by atoms with E-state index in [0.29, 0.717) is 0 Å². The SMILES string of the molecule is CCCc1cc(CNCCN2CCCCC2)[nH]n1. The van der Waals surface area contributed by atoms with E-state index in [0.717, 1.165) is 25.9 Å². The minimum Gasteiger partial charge on any atom is -0.310 e. The first kappa shape index (κ1) is 13.6. The molecule has 1 aliphatic heterocycles. The van der Waals surface area contributed by atoms with Gasteiger partial charge in [0.05, 0.1) is 5.69 Å². The van der Waals surface area contributed by atoms with Crippen molar-refractivity contribution in [3.63, 3.8) is 0 Å². The largest absolute Gasteiger partial charge is 0.310 e. The van der Waals surface area contributed by atoms with E-state index in [4.69, 9.17) is 0 Å². The smallest absolute Gasteiger partial charge is 0.0625 e. The highest BCUT2D eigenvalue weighted by molar-refractivity contribution is 5.08. The van der Waals surface area contributed by atoms with Crippen LogP contribution in [0.25, 0.3) is 0 Å². The van der Waals surface area contributed by atoms with Crippen molar-refractivity contribution in [3.8, 4) is 0 Å². The molecule has 0 spiro atoms. The summed E-state index contributed by atoms with van der Waals surface area (Å²) in [5, 5.41) is 10.9. The number of hydrogen-bond donors (Lipinski definition) is 2. The number of likely N-dealkylation sites (tertiary alicyclic amines) is 1. The second-order valence-electron chi connectivity index (χ2n) is 5.21. The number of nitrogens with one attached hydrogen (secondary N) is 2. The third-order valence-electron chi connectivity index (χ3n) is 3.56. The highest BCUT2D eigenvalue weighted by Gasteiger charge is 2.08. The van der Waals surface area contributed by atoms with Crippen LogP contribution in [0.1, 0.15) is 44.0 Å². The van der Waals surface area contributed by atoms with E-state index in [9.17, 15) is 0 Å². The van der Waals surface area contributed by atoms with Crippen molar-refractivity contribution in [2.24, 2.45) is 0 Å². The molecule has 1 aromatic heterocycles. The Morgan fingerprint density at radius 1 is 1.33 bits per heavy atom. The monoisotopic (exact) mass is 250 g/mol. The van der Waals surface area contributed by atoms with Crippen molar-refractivity contribution in [1.82, 2.24) is 20.4 Å². The quantitative estimate of drug-likeness (QED) is 0.727. The van der Waals surface area contributed by atoms with E-state index in [1.807, 2.05) is 0 Å². The fraction of sp³-hybridized carbons (Fsp3) is 0.786. The summed E-state index contributed by atoms with van der Waals surface area (Å²) in [6.07, 6.45) is 6.40. The summed E-state index contributed by atoms with van der Waals surface area (Å²) in [6.45, 7) is 7.91. The molecule has 2 rings (SSSR count). The van der Waals surface area contributed by atoms with Crippen molar-refractivity contribution in [2.75, 3.05) is 26.2 Å². The number of nitrogens with zero attached hydrogens (tertiary/aromatic N) is 2. The lowest BCUT2D eigenvalue weighted by atomic mass is 10.1. The van der Waals surface area contributed by atoms with Crippen LogP contribution in [-0.4, -0.2) is 41.3 Å². The number of aromatic amines is 1. The van der Waals surface area contributed by atoms with Gasteiger partial charge in [0, 0.05) is 25.3 Å². The van der Waals surface area contributed by atoms with E-state index in [2.05, 4.69) is 33.4 Å². The van der Waals surface area contributed by atoms with Gasteiger partial charge in [-0.25, -0.2) is 0 Å². The zero-order valence-corrected chi connectivity index (χ0v) is 11.5. The van der Waals surface area contributed by atoms with E-state index in [1.165, 1.54) is 50.3 Å². The number of aryl methyl sites for hydroxylation is 1. The molecular formula is C14H26N4. The van der Waals surface area contributed by atoms with Gasteiger partial charge in [-0.2, -0.15) is 5.10 Å². The lowest BCUT2D eigenvalue weighted by Crippen LogP contribution is -2.35. The van der Waals surface area contributed by atoms with Gasteiger partial charge in [-0.1, -0.05) is 19.8 Å². The maximum absolute atomic E-state index is 4.30. The highest BCUT2D eigenvalue weighted by Crippen LogP contribution is 2.07. The molecule has 1 saturated heterocycles. The minimum atomic E-state index is 0.907. The molecule has 4 nitrogen and oxygen atoms in total. The van der Waals surface area contributed by atoms with Crippen molar-refractivity contribution in [1.29, 1.82) is 0 Å². The van der Waals surface area contributed by atoms with E-state index >= 15 is 0 Å². The third kappa shape index (κ3) is 4.42. The van der Waals surface area contributed by atoms with Crippen molar-refractivity contribution in [2.45, 2.75) is 45.6 Å². The van der Waals surface area contributed by atoms with Gasteiger partial charge in [-0.3, -0.25) is 5.10 Å². The Bertz CT molecular complexity index is 328. The second-order valence-corrected chi connectivity index (χ2v) is 5.21. The van der Waals surface area contributed by atoms with Crippen LogP contribution in [0.4, 0.5) is 0 Å². The van der Waals surface area contributed by atoms with Crippen molar-refractivity contribution >= 4 is 0 Å². The normalized spacial score (nSPS) is 17.2. The number of aromatic nitrogens is 2. The Labute approximate surface area is 110 Å². The summed E-state index contributed by atoms with van der Waals surface area (Å²) >= 11 is 0. The van der Waals surface area contributed by atoms with Gasteiger partial charge in [0.1, 0.15) is 0 Å². The lowest BCUT2D eigenvalue weighted by Gasteiger charge is -2.26. The van der Waals surface area contributed by atoms with Crippen LogP contribution < -0.4 is 5.32 Å². The van der Waals surface area contributed by atoms with Crippen LogP contribution >= 0.6 is 0 Å². The van der Waals surface area contributed by atoms with Crippen LogP contribution in [0.3, 0.4) is 0 Å². The molecule has 0 unspecified atom stereocenters. The van der Waals surface area contributed by atoms with Crippen LogP contribution in [0.2, 0.25) is 0 Å². The lowest BCUT2D eigenvalue weighted by molar-refractivity contribution is 0.229. The maximum Gasteiger partial charge on any atom is 0.0625 e. The fourth-order valence-electron chi connectivity index (χ4n) is 2.53. The molecule has 1 fully saturated rings. The first-order chi connectivity index (χ1) is 8.88. The third-order valence-corrected chi connectivity index (χ3v) is 3.56. The molecule has 4 heteroatoms. The van der Waals surface area contributed by atoms with Crippen LogP contribution in [-0.2, 0) is 13.0 Å². The molecule has 0 bridgehead atoms. The summed E-state index contributed by atoms with van der Waals surface area (Å²) < 4.78 is 0. The summed E-state index contributed by atoms with van der Waals surface area (Å²) in [7, 11) is 0. The Hall–Kier alpha value is -0.870. The molecule has 1 aromatic rings. The molecule has 1 aliphatic rings. The predicted octanol–water partition coefficient (Wildman–Crippen LogP) is 1.94. The van der Waals surface area contributed by atoms with Gasteiger partial charge < -0.3 is 10.2 Å². The van der Waals surface area contributed by atoms with Crippen molar-refractivity contribution in [3.05, 3.63) is 17.5 Å². The number of rotatable bonds is 7. The number of hydrogen-bond acceptors (Lipinski definition) is 3. The van der Waals surface area contributed by atoms with E-state index < -0.39 is 0 Å². The molecule has 0 atom stereocenters. The van der Waals surface area contributed by atoms with Gasteiger partial charge in [0.25, 0.3) is 0 Å². The Morgan fingerprint density at radius 3 is 2.94 bits per heavy atom. The Balaban J connectivity index is 1.59. The van der Waals surface area contributed by atoms with Crippen LogP contribution in [0.5, 0.6) is 0 Å². The molecule has 0 radical (unpaired) electrons. The Kier molecular flexibility index (Phi) is 5.68. The van der Waals surface area contributed by atoms with E-state index in [-0.39, 0.29) is 0 Å². The van der Waals surface area contributed by atoms with E-state index in [1.54, 1.807) is 0 Å². The van der Waals surface area contributed by atoms with Gasteiger partial charge in [0.2, 0.25) is 0 Å². The topological polar surface area (TPSA) is 44.0 Å². The first-order valence-electron chi connectivity index (χ1n) is 7.34. The molecule has 0 aromatic carbocycles. The van der Waals surface area contributed by atoms with Gasteiger partial charge in [-0.15, -0.1) is 0 Å². The molecule has 2 N–H and O–H groups in total. The van der Waals surface area contributed by atoms with Crippen molar-refractivity contribution < 1.29 is 0 Å². The van der Waals surface area contributed by atoms with Crippen LogP contribution in [0, 0.1) is 0 Å². The maximum atomic E-state index is 4.30. The molecule has 18 heavy (non-hydrogen) atoms. The zero-order valence-electron chi connectivity index (χ0n) is 11.5. The zero-order chi connectivity index (χ0) is 12.6. The summed E-state index contributed by atoms with van der Waals surface area (Å²) in [6, 6.07) is 2.18. The fourth-order valence-corrected chi connectivity index (χ4v) is 2.53. The molecular weight excluding hydrogens is 224 g/mol. The molecule has 2 heterocycles. The average molecular weight is 250 g/mol. The minimum absolute atomic E-state index is 0.907. The summed E-state index contributed by atoms with van der Waals surface area (Å²) in [5.74, 6) is 0. The summed E-state index contributed by atoms with van der Waals surface area (Å²) in [5.41, 5.74) is 2.39. The van der Waals surface area contributed by atoms with Gasteiger partial charge in [-0.05, 0) is 38.4 Å². The molecule has 0 amide bonds. The summed E-state index contributed by atoms with van der Waals surface area (Å²) in [4.78, 5) is 2.56. The first-order valence-corrected chi connectivity index (χ1v) is 7.34. The molecule has 102 valence electrons. The van der Waals surface area contributed by atoms with Gasteiger partial charge in [0.15, 0.2) is 0 Å². The molecule has 0 aliphatic carbocycles. The average Bonchev–Trinajstić information content (AvgIpc) is 2.84. The standard InChI is InChI=1S/C14H26N4/c1-2-6-13-11-14(17-16-13)12-15-7-10-18-8-4-3-5-9-18/h11,15H,2-10,12H2,1H3,(H,16,17). The highest BCUT2D eigenvalue weighted by atomic mass is 15.2. The van der Waals surface area contributed by atoms with Crippen LogP contribution in [0.15, 0.2) is 6.07 Å². The Morgan fingerprint density at radius 2 is 2.17 bits per heavy atom.